The van der Waals surface area contributed by atoms with E-state index >= 15 is 0 Å². The average Bonchev–Trinajstić information content (AvgIpc) is 2.72. The molecule has 1 fully saturated rings. The monoisotopic (exact) mass is 266 g/mol. The first kappa shape index (κ1) is 13.3. The van der Waals surface area contributed by atoms with Crippen LogP contribution in [0.2, 0.25) is 0 Å². The van der Waals surface area contributed by atoms with Crippen molar-refractivity contribution in [1.82, 2.24) is 0 Å². The van der Waals surface area contributed by atoms with Gasteiger partial charge in [0, 0.05) is 13.1 Å². The third kappa shape index (κ3) is 2.25. The van der Waals surface area contributed by atoms with Crippen LogP contribution >= 0.6 is 0 Å². The number of nitrogens with two attached hydrogens (primary N) is 1. The number of nitrogens with zero attached hydrogens (tertiary/aromatic N) is 1. The summed E-state index contributed by atoms with van der Waals surface area (Å²) in [5, 5.41) is 9.09. The minimum Gasteiger partial charge on any atom is -0.478 e. The molecule has 102 valence electrons. The number of hydrogen-bond acceptors (Lipinski definition) is 3. The van der Waals surface area contributed by atoms with Crippen molar-refractivity contribution in [3.05, 3.63) is 29.6 Å². The highest BCUT2D eigenvalue weighted by Crippen LogP contribution is 2.35. The van der Waals surface area contributed by atoms with Gasteiger partial charge in [-0.15, -0.1) is 0 Å². The number of rotatable bonds is 3. The maximum atomic E-state index is 13.6. The van der Waals surface area contributed by atoms with Crippen LogP contribution in [0.5, 0.6) is 0 Å². The van der Waals surface area contributed by atoms with Crippen LogP contribution in [0.15, 0.2) is 18.2 Å². The summed E-state index contributed by atoms with van der Waals surface area (Å²) in [6.45, 7) is 2.50. The molecule has 1 aromatic carbocycles. The number of primary amides is 1. The second kappa shape index (κ2) is 4.53. The number of halogens is 1. The highest BCUT2D eigenvalue weighted by atomic mass is 19.1. The molecule has 1 atom stereocenters. The van der Waals surface area contributed by atoms with Gasteiger partial charge in [-0.25, -0.2) is 9.18 Å². The topological polar surface area (TPSA) is 83.6 Å². The second-order valence-corrected chi connectivity index (χ2v) is 5.04. The zero-order valence-corrected chi connectivity index (χ0v) is 10.5. The first-order valence-corrected chi connectivity index (χ1v) is 5.92. The maximum absolute atomic E-state index is 13.6. The fourth-order valence-corrected chi connectivity index (χ4v) is 2.36. The number of carbonyl (C=O) groups excluding carboxylic acids is 1. The van der Waals surface area contributed by atoms with Gasteiger partial charge in [-0.2, -0.15) is 0 Å². The summed E-state index contributed by atoms with van der Waals surface area (Å²) in [5.41, 5.74) is 4.56. The van der Waals surface area contributed by atoms with Crippen LogP contribution in [0.1, 0.15) is 23.7 Å². The van der Waals surface area contributed by atoms with E-state index in [1.807, 2.05) is 0 Å². The average molecular weight is 266 g/mol. The first-order valence-electron chi connectivity index (χ1n) is 5.92. The predicted molar refractivity (Wildman–Crippen MR) is 67.5 cm³/mol. The Hall–Kier alpha value is -2.11. The van der Waals surface area contributed by atoms with Gasteiger partial charge in [0.15, 0.2) is 0 Å². The molecule has 6 heteroatoms. The number of benzene rings is 1. The number of carboxylic acid groups (broad SMARTS) is 1. The van der Waals surface area contributed by atoms with Crippen molar-refractivity contribution in [1.29, 1.82) is 0 Å². The molecule has 1 amide bonds. The molecule has 1 heterocycles. The first-order chi connectivity index (χ1) is 8.85. The van der Waals surface area contributed by atoms with Gasteiger partial charge in [0.2, 0.25) is 5.91 Å². The van der Waals surface area contributed by atoms with Crippen molar-refractivity contribution >= 4 is 17.6 Å². The second-order valence-electron chi connectivity index (χ2n) is 5.04. The molecule has 3 N–H and O–H groups in total. The Morgan fingerprint density at radius 1 is 1.47 bits per heavy atom. The maximum Gasteiger partial charge on any atom is 0.340 e. The van der Waals surface area contributed by atoms with Crippen molar-refractivity contribution in [3.63, 3.8) is 0 Å². The summed E-state index contributed by atoms with van der Waals surface area (Å²) in [6.07, 6.45) is 0.526. The molecule has 5 nitrogen and oxygen atoms in total. The largest absolute Gasteiger partial charge is 0.478 e. The SMILES string of the molecule is CC1(C(N)=O)CCN(c2cccc(F)c2C(=O)O)C1. The molecule has 0 aromatic heterocycles. The molecule has 1 unspecified atom stereocenters. The van der Waals surface area contributed by atoms with Gasteiger partial charge in [0.25, 0.3) is 0 Å². The summed E-state index contributed by atoms with van der Waals surface area (Å²) >= 11 is 0. The normalized spacial score (nSPS) is 22.5. The standard InChI is InChI=1S/C13H15FN2O3/c1-13(12(15)19)5-6-16(7-13)9-4-2-3-8(14)10(9)11(17)18/h2-4H,5-7H2,1H3,(H2,15,19)(H,17,18). The lowest BCUT2D eigenvalue weighted by molar-refractivity contribution is -0.125. The summed E-state index contributed by atoms with van der Waals surface area (Å²) in [4.78, 5) is 24.2. The fourth-order valence-electron chi connectivity index (χ4n) is 2.36. The van der Waals surface area contributed by atoms with E-state index in [1.54, 1.807) is 17.9 Å². The molecule has 1 saturated heterocycles. The highest BCUT2D eigenvalue weighted by molar-refractivity contribution is 5.95. The van der Waals surface area contributed by atoms with Crippen molar-refractivity contribution in [2.75, 3.05) is 18.0 Å². The Kier molecular flexibility index (Phi) is 3.18. The zero-order valence-electron chi connectivity index (χ0n) is 10.5. The van der Waals surface area contributed by atoms with E-state index in [4.69, 9.17) is 10.8 Å². The summed E-state index contributed by atoms with van der Waals surface area (Å²) in [5.74, 6) is -2.53. The third-order valence-corrected chi connectivity index (χ3v) is 3.61. The lowest BCUT2D eigenvalue weighted by atomic mass is 9.89. The number of anilines is 1. The quantitative estimate of drug-likeness (QED) is 0.861. The van der Waals surface area contributed by atoms with E-state index in [2.05, 4.69) is 0 Å². The molecule has 1 aliphatic rings. The van der Waals surface area contributed by atoms with Gasteiger partial charge < -0.3 is 15.7 Å². The molecule has 0 aliphatic carbocycles. The van der Waals surface area contributed by atoms with Crippen LogP contribution in [0, 0.1) is 11.2 Å². The van der Waals surface area contributed by atoms with E-state index in [-0.39, 0.29) is 11.3 Å². The lowest BCUT2D eigenvalue weighted by Gasteiger charge is -2.23. The lowest BCUT2D eigenvalue weighted by Crippen LogP contribution is -2.37. The van der Waals surface area contributed by atoms with Gasteiger partial charge in [0.05, 0.1) is 11.1 Å². The smallest absolute Gasteiger partial charge is 0.340 e. The van der Waals surface area contributed by atoms with Crippen LogP contribution in [0.4, 0.5) is 10.1 Å². The number of amides is 1. The third-order valence-electron chi connectivity index (χ3n) is 3.61. The number of aromatic carboxylic acids is 1. The molecule has 0 bridgehead atoms. The van der Waals surface area contributed by atoms with Gasteiger partial charge in [-0.05, 0) is 25.5 Å². The number of hydrogen-bond donors (Lipinski definition) is 2. The predicted octanol–water partition coefficient (Wildman–Crippen LogP) is 1.23. The molecule has 19 heavy (non-hydrogen) atoms. The molecule has 0 saturated carbocycles. The summed E-state index contributed by atoms with van der Waals surface area (Å²) < 4.78 is 13.6. The number of carbonyl (C=O) groups is 2. The Balaban J connectivity index is 2.37. The van der Waals surface area contributed by atoms with E-state index in [9.17, 15) is 14.0 Å². The molecule has 0 spiro atoms. The molecule has 1 aliphatic heterocycles. The van der Waals surface area contributed by atoms with E-state index in [1.165, 1.54) is 6.07 Å². The van der Waals surface area contributed by atoms with Gasteiger partial charge in [-0.3, -0.25) is 4.79 Å². The molecular weight excluding hydrogens is 251 g/mol. The van der Waals surface area contributed by atoms with Crippen molar-refractivity contribution in [2.45, 2.75) is 13.3 Å². The Morgan fingerprint density at radius 3 is 2.68 bits per heavy atom. The Labute approximate surface area is 109 Å². The molecule has 1 aromatic rings. The summed E-state index contributed by atoms with van der Waals surface area (Å²) in [6, 6.07) is 4.10. The minimum absolute atomic E-state index is 0.289. The van der Waals surface area contributed by atoms with Gasteiger partial charge in [0.1, 0.15) is 11.4 Å². The van der Waals surface area contributed by atoms with Gasteiger partial charge in [-0.1, -0.05) is 6.07 Å². The summed E-state index contributed by atoms with van der Waals surface area (Å²) in [7, 11) is 0. The van der Waals surface area contributed by atoms with Gasteiger partial charge >= 0.3 is 5.97 Å². The van der Waals surface area contributed by atoms with Crippen molar-refractivity contribution < 1.29 is 19.1 Å². The van der Waals surface area contributed by atoms with E-state index < -0.39 is 23.1 Å². The molecule has 0 radical (unpaired) electrons. The Morgan fingerprint density at radius 2 is 2.16 bits per heavy atom. The zero-order chi connectivity index (χ0) is 14.2. The van der Waals surface area contributed by atoms with Crippen LogP contribution in [0.3, 0.4) is 0 Å². The van der Waals surface area contributed by atoms with Crippen molar-refractivity contribution in [2.24, 2.45) is 11.1 Å². The van der Waals surface area contributed by atoms with E-state index in [0.29, 0.717) is 19.5 Å². The number of carboxylic acids is 1. The highest BCUT2D eigenvalue weighted by Gasteiger charge is 2.40. The minimum atomic E-state index is -1.32. The van der Waals surface area contributed by atoms with Crippen LogP contribution in [0.25, 0.3) is 0 Å². The Bertz CT molecular complexity index is 547. The van der Waals surface area contributed by atoms with Crippen LogP contribution in [-0.4, -0.2) is 30.1 Å². The van der Waals surface area contributed by atoms with Crippen LogP contribution in [-0.2, 0) is 4.79 Å². The van der Waals surface area contributed by atoms with E-state index in [0.717, 1.165) is 6.07 Å². The molecule has 2 rings (SSSR count). The fraction of sp³-hybridized carbons (Fsp3) is 0.385. The van der Waals surface area contributed by atoms with Crippen molar-refractivity contribution in [3.8, 4) is 0 Å². The van der Waals surface area contributed by atoms with Crippen LogP contribution < -0.4 is 10.6 Å². The molecular formula is C13H15FN2O3.